The SMILES string of the molecule is CS(=O)(=O)N1CCN(Cc2ccc(C(=O)O)s2)CC1. The Morgan fingerprint density at radius 1 is 1.32 bits per heavy atom. The fraction of sp³-hybridized carbons (Fsp3) is 0.545. The van der Waals surface area contributed by atoms with Gasteiger partial charge in [0.25, 0.3) is 0 Å². The van der Waals surface area contributed by atoms with Crippen LogP contribution in [-0.4, -0.2) is 61.1 Å². The van der Waals surface area contributed by atoms with Crippen molar-refractivity contribution >= 4 is 27.3 Å². The summed E-state index contributed by atoms with van der Waals surface area (Å²) in [6.07, 6.45) is 1.22. The van der Waals surface area contributed by atoms with Gasteiger partial charge >= 0.3 is 5.97 Å². The van der Waals surface area contributed by atoms with Crippen molar-refractivity contribution < 1.29 is 18.3 Å². The summed E-state index contributed by atoms with van der Waals surface area (Å²) in [6.45, 7) is 3.02. The van der Waals surface area contributed by atoms with Crippen molar-refractivity contribution in [2.24, 2.45) is 0 Å². The molecule has 1 aromatic heterocycles. The van der Waals surface area contributed by atoms with E-state index in [1.54, 1.807) is 6.07 Å². The molecule has 19 heavy (non-hydrogen) atoms. The number of rotatable bonds is 4. The Morgan fingerprint density at radius 3 is 2.42 bits per heavy atom. The molecule has 8 heteroatoms. The lowest BCUT2D eigenvalue weighted by Crippen LogP contribution is -2.47. The molecule has 106 valence electrons. The number of carboxylic acids is 1. The standard InChI is InChI=1S/C11H16N2O4S2/c1-19(16,17)13-6-4-12(5-7-13)8-9-2-3-10(18-9)11(14)15/h2-3H,4-8H2,1H3,(H,14,15). The maximum Gasteiger partial charge on any atom is 0.345 e. The lowest BCUT2D eigenvalue weighted by atomic mass is 10.3. The summed E-state index contributed by atoms with van der Waals surface area (Å²) >= 11 is 1.27. The van der Waals surface area contributed by atoms with E-state index in [-0.39, 0.29) is 0 Å². The number of sulfonamides is 1. The first-order chi connectivity index (χ1) is 8.86. The van der Waals surface area contributed by atoms with Gasteiger partial charge < -0.3 is 5.11 Å². The van der Waals surface area contributed by atoms with Crippen LogP contribution in [0.5, 0.6) is 0 Å². The maximum atomic E-state index is 11.4. The van der Waals surface area contributed by atoms with Crippen molar-refractivity contribution in [2.75, 3.05) is 32.4 Å². The molecule has 0 bridgehead atoms. The number of nitrogens with zero attached hydrogens (tertiary/aromatic N) is 2. The molecule has 1 aromatic rings. The summed E-state index contributed by atoms with van der Waals surface area (Å²) in [5, 5.41) is 8.85. The van der Waals surface area contributed by atoms with Crippen LogP contribution >= 0.6 is 11.3 Å². The lowest BCUT2D eigenvalue weighted by Gasteiger charge is -2.32. The highest BCUT2D eigenvalue weighted by Crippen LogP contribution is 2.19. The highest BCUT2D eigenvalue weighted by atomic mass is 32.2. The molecule has 1 aliphatic rings. The van der Waals surface area contributed by atoms with E-state index >= 15 is 0 Å². The van der Waals surface area contributed by atoms with Crippen molar-refractivity contribution in [2.45, 2.75) is 6.54 Å². The number of piperazine rings is 1. The van der Waals surface area contributed by atoms with Crippen LogP contribution < -0.4 is 0 Å². The van der Waals surface area contributed by atoms with Crippen molar-refractivity contribution in [3.63, 3.8) is 0 Å². The molecule has 0 spiro atoms. The zero-order chi connectivity index (χ0) is 14.0. The average Bonchev–Trinajstić information content (AvgIpc) is 2.77. The molecule has 1 N–H and O–H groups in total. The van der Waals surface area contributed by atoms with Crippen LogP contribution in [0.15, 0.2) is 12.1 Å². The molecule has 1 saturated heterocycles. The Hall–Kier alpha value is -0.960. The Kier molecular flexibility index (Phi) is 4.24. The van der Waals surface area contributed by atoms with Crippen LogP contribution in [0, 0.1) is 0 Å². The Bertz CT molecular complexity index is 559. The summed E-state index contributed by atoms with van der Waals surface area (Å²) < 4.78 is 24.2. The Balaban J connectivity index is 1.90. The van der Waals surface area contributed by atoms with Gasteiger partial charge in [-0.25, -0.2) is 13.2 Å². The molecule has 0 saturated carbocycles. The van der Waals surface area contributed by atoms with E-state index in [9.17, 15) is 13.2 Å². The molecule has 0 unspecified atom stereocenters. The van der Waals surface area contributed by atoms with Gasteiger partial charge in [-0.1, -0.05) is 0 Å². The third-order valence-electron chi connectivity index (χ3n) is 3.05. The predicted molar refractivity (Wildman–Crippen MR) is 73.0 cm³/mol. The van der Waals surface area contributed by atoms with Crippen LogP contribution in [0.4, 0.5) is 0 Å². The third-order valence-corrected chi connectivity index (χ3v) is 5.41. The molecule has 0 aliphatic carbocycles. The van der Waals surface area contributed by atoms with Crippen LogP contribution in [0.3, 0.4) is 0 Å². The smallest absolute Gasteiger partial charge is 0.345 e. The van der Waals surface area contributed by atoms with Gasteiger partial charge in [-0.05, 0) is 12.1 Å². The van der Waals surface area contributed by atoms with Gasteiger partial charge in [-0.15, -0.1) is 11.3 Å². The summed E-state index contributed by atoms with van der Waals surface area (Å²) in [5.41, 5.74) is 0. The van der Waals surface area contributed by atoms with Crippen molar-refractivity contribution in [3.05, 3.63) is 21.9 Å². The van der Waals surface area contributed by atoms with E-state index < -0.39 is 16.0 Å². The molecule has 1 fully saturated rings. The van der Waals surface area contributed by atoms with Crippen LogP contribution in [0.1, 0.15) is 14.5 Å². The fourth-order valence-corrected chi connectivity index (χ4v) is 3.73. The molecular formula is C11H16N2O4S2. The first-order valence-electron chi connectivity index (χ1n) is 5.86. The second kappa shape index (κ2) is 5.58. The molecule has 2 rings (SSSR count). The monoisotopic (exact) mass is 304 g/mol. The number of hydrogen-bond acceptors (Lipinski definition) is 5. The van der Waals surface area contributed by atoms with Crippen LogP contribution in [0.25, 0.3) is 0 Å². The highest BCUT2D eigenvalue weighted by Gasteiger charge is 2.23. The first kappa shape index (κ1) is 14.4. The van der Waals surface area contributed by atoms with E-state index in [1.165, 1.54) is 21.9 Å². The summed E-state index contributed by atoms with van der Waals surface area (Å²) in [4.78, 5) is 14.3. The van der Waals surface area contributed by atoms with Gasteiger partial charge in [0.05, 0.1) is 6.26 Å². The first-order valence-corrected chi connectivity index (χ1v) is 8.52. The lowest BCUT2D eigenvalue weighted by molar-refractivity contribution is 0.0702. The molecule has 0 aromatic carbocycles. The van der Waals surface area contributed by atoms with Crippen LogP contribution in [-0.2, 0) is 16.6 Å². The highest BCUT2D eigenvalue weighted by molar-refractivity contribution is 7.88. The molecular weight excluding hydrogens is 288 g/mol. The number of aromatic carboxylic acids is 1. The molecule has 6 nitrogen and oxygen atoms in total. The van der Waals surface area contributed by atoms with Gasteiger partial charge in [0.1, 0.15) is 4.88 Å². The van der Waals surface area contributed by atoms with Crippen molar-refractivity contribution in [1.29, 1.82) is 0 Å². The fourth-order valence-electron chi connectivity index (χ4n) is 2.02. The zero-order valence-corrected chi connectivity index (χ0v) is 12.2. The minimum absolute atomic E-state index is 0.338. The van der Waals surface area contributed by atoms with Gasteiger partial charge in [0.2, 0.25) is 10.0 Å². The number of carboxylic acid groups (broad SMARTS) is 1. The second-order valence-electron chi connectivity index (χ2n) is 4.51. The van der Waals surface area contributed by atoms with E-state index in [2.05, 4.69) is 4.90 Å². The third kappa shape index (κ3) is 3.75. The van der Waals surface area contributed by atoms with E-state index in [0.29, 0.717) is 37.6 Å². The molecule has 2 heterocycles. The molecule has 0 atom stereocenters. The van der Waals surface area contributed by atoms with Crippen LogP contribution in [0.2, 0.25) is 0 Å². The average molecular weight is 304 g/mol. The largest absolute Gasteiger partial charge is 0.477 e. The minimum atomic E-state index is -3.10. The topological polar surface area (TPSA) is 77.9 Å². The number of thiophene rings is 1. The molecule has 0 amide bonds. The quantitative estimate of drug-likeness (QED) is 0.877. The predicted octanol–water partition coefficient (Wildman–Crippen LogP) is 0.524. The summed E-state index contributed by atoms with van der Waals surface area (Å²) in [5.74, 6) is -0.904. The van der Waals surface area contributed by atoms with Gasteiger partial charge in [0, 0.05) is 37.6 Å². The summed E-state index contributed by atoms with van der Waals surface area (Å²) in [6, 6.07) is 3.42. The van der Waals surface area contributed by atoms with E-state index in [0.717, 1.165) is 4.88 Å². The second-order valence-corrected chi connectivity index (χ2v) is 7.66. The Morgan fingerprint density at radius 2 is 1.95 bits per heavy atom. The normalized spacial score (nSPS) is 18.6. The van der Waals surface area contributed by atoms with Gasteiger partial charge in [-0.2, -0.15) is 4.31 Å². The molecule has 1 aliphatic heterocycles. The molecule has 0 radical (unpaired) electrons. The Labute approximate surface area is 116 Å². The minimum Gasteiger partial charge on any atom is -0.477 e. The van der Waals surface area contributed by atoms with E-state index in [4.69, 9.17) is 5.11 Å². The van der Waals surface area contributed by atoms with E-state index in [1.807, 2.05) is 6.07 Å². The van der Waals surface area contributed by atoms with Gasteiger partial charge in [0.15, 0.2) is 0 Å². The maximum absolute atomic E-state index is 11.4. The van der Waals surface area contributed by atoms with Crippen molar-refractivity contribution in [3.8, 4) is 0 Å². The van der Waals surface area contributed by atoms with Gasteiger partial charge in [-0.3, -0.25) is 4.90 Å². The number of hydrogen-bond donors (Lipinski definition) is 1. The van der Waals surface area contributed by atoms with Crippen molar-refractivity contribution in [1.82, 2.24) is 9.21 Å². The summed E-state index contributed by atoms with van der Waals surface area (Å²) in [7, 11) is -3.10. The zero-order valence-electron chi connectivity index (χ0n) is 10.6. The number of carbonyl (C=O) groups is 1.